The van der Waals surface area contributed by atoms with E-state index in [2.05, 4.69) is 57.6 Å². The van der Waals surface area contributed by atoms with Crippen LogP contribution >= 0.6 is 11.6 Å². The Bertz CT molecular complexity index is 975. The summed E-state index contributed by atoms with van der Waals surface area (Å²) in [6.07, 6.45) is 1.61. The highest BCUT2D eigenvalue weighted by Crippen LogP contribution is 2.37. The van der Waals surface area contributed by atoms with Gasteiger partial charge in [-0.2, -0.15) is 4.98 Å². The predicted molar refractivity (Wildman–Crippen MR) is 123 cm³/mol. The van der Waals surface area contributed by atoms with E-state index in [1.807, 2.05) is 6.07 Å². The predicted octanol–water partition coefficient (Wildman–Crippen LogP) is 3.76. The van der Waals surface area contributed by atoms with Crippen molar-refractivity contribution in [1.29, 1.82) is 0 Å². The maximum Gasteiger partial charge on any atom is 0.244 e. The Labute approximate surface area is 188 Å². The summed E-state index contributed by atoms with van der Waals surface area (Å²) in [5.74, 6) is 0.500. The van der Waals surface area contributed by atoms with Crippen LogP contribution in [0.25, 0.3) is 5.70 Å². The molecule has 2 aromatic rings. The third-order valence-corrected chi connectivity index (χ3v) is 6.66. The smallest absolute Gasteiger partial charge is 0.244 e. The van der Waals surface area contributed by atoms with Crippen molar-refractivity contribution in [2.24, 2.45) is 5.41 Å². The van der Waals surface area contributed by atoms with Gasteiger partial charge in [-0.1, -0.05) is 12.6 Å². The molecule has 0 saturated carbocycles. The van der Waals surface area contributed by atoms with Crippen LogP contribution in [-0.4, -0.2) is 58.8 Å². The van der Waals surface area contributed by atoms with Gasteiger partial charge in [0.25, 0.3) is 0 Å². The van der Waals surface area contributed by atoms with E-state index in [9.17, 15) is 4.39 Å². The van der Waals surface area contributed by atoms with Crippen LogP contribution < -0.4 is 10.2 Å². The molecule has 2 saturated heterocycles. The first-order valence-corrected chi connectivity index (χ1v) is 11.3. The molecule has 1 N–H and O–H groups in total. The molecule has 0 bridgehead atoms. The lowest BCUT2D eigenvalue weighted by atomic mass is 9.81. The molecule has 0 unspecified atom stereocenters. The van der Waals surface area contributed by atoms with E-state index < -0.39 is 0 Å². The van der Waals surface area contributed by atoms with Crippen molar-refractivity contribution in [2.75, 3.05) is 37.6 Å². The number of hydrogen-bond acceptors (Lipinski definition) is 6. The van der Waals surface area contributed by atoms with Crippen LogP contribution in [-0.2, 0) is 6.42 Å². The SMILES string of the molecule is C=C(c1cc(F)ccc1Cc1nnc(Cl)nc1N1CCC2(CNC2)C1)N(CC)C(C)C. The van der Waals surface area contributed by atoms with E-state index >= 15 is 0 Å². The van der Waals surface area contributed by atoms with Crippen molar-refractivity contribution < 1.29 is 4.39 Å². The minimum Gasteiger partial charge on any atom is -0.369 e. The van der Waals surface area contributed by atoms with Crippen LogP contribution in [0.15, 0.2) is 24.8 Å². The Morgan fingerprint density at radius 1 is 1.35 bits per heavy atom. The van der Waals surface area contributed by atoms with Crippen LogP contribution in [0.3, 0.4) is 0 Å². The van der Waals surface area contributed by atoms with E-state index in [-0.39, 0.29) is 17.1 Å². The topological polar surface area (TPSA) is 57.2 Å². The molecule has 2 aliphatic heterocycles. The summed E-state index contributed by atoms with van der Waals surface area (Å²) in [5.41, 5.74) is 3.62. The van der Waals surface area contributed by atoms with Crippen molar-refractivity contribution in [3.8, 4) is 0 Å². The zero-order valence-electron chi connectivity index (χ0n) is 18.5. The summed E-state index contributed by atoms with van der Waals surface area (Å²) in [5, 5.41) is 11.9. The van der Waals surface area contributed by atoms with Crippen LogP contribution in [0.4, 0.5) is 10.2 Å². The number of nitrogens with zero attached hydrogens (tertiary/aromatic N) is 5. The maximum atomic E-state index is 14.2. The van der Waals surface area contributed by atoms with Gasteiger partial charge in [0, 0.05) is 61.9 Å². The zero-order chi connectivity index (χ0) is 22.2. The summed E-state index contributed by atoms with van der Waals surface area (Å²) < 4.78 is 14.2. The number of aromatic nitrogens is 3. The second-order valence-corrected chi connectivity index (χ2v) is 9.27. The van der Waals surface area contributed by atoms with Gasteiger partial charge in [-0.05, 0) is 56.5 Å². The van der Waals surface area contributed by atoms with Gasteiger partial charge in [0.1, 0.15) is 11.5 Å². The van der Waals surface area contributed by atoms with E-state index in [1.165, 1.54) is 6.07 Å². The summed E-state index contributed by atoms with van der Waals surface area (Å²) in [4.78, 5) is 8.97. The van der Waals surface area contributed by atoms with Crippen molar-refractivity contribution in [1.82, 2.24) is 25.4 Å². The number of benzene rings is 1. The van der Waals surface area contributed by atoms with Crippen LogP contribution in [0.5, 0.6) is 0 Å². The maximum absolute atomic E-state index is 14.2. The molecule has 1 aromatic heterocycles. The van der Waals surface area contributed by atoms with Crippen LogP contribution in [0, 0.1) is 11.2 Å². The fourth-order valence-electron chi connectivity index (χ4n) is 4.75. The standard InChI is InChI=1S/C23H30ClFN6/c1-5-31(15(2)3)16(4)19-11-18(25)7-6-17(19)10-20-21(27-22(24)29-28-20)30-9-8-23(14-30)12-26-13-23/h6-7,11,15,26H,4-5,8-10,12-14H2,1-3H3. The second-order valence-electron chi connectivity index (χ2n) is 8.93. The monoisotopic (exact) mass is 444 g/mol. The number of halogens is 2. The molecule has 3 heterocycles. The molecule has 31 heavy (non-hydrogen) atoms. The molecule has 1 spiro atoms. The van der Waals surface area contributed by atoms with Crippen LogP contribution in [0.2, 0.25) is 5.28 Å². The Kier molecular flexibility index (Phi) is 6.17. The molecule has 2 aliphatic rings. The van der Waals surface area contributed by atoms with Gasteiger partial charge in [0.2, 0.25) is 5.28 Å². The van der Waals surface area contributed by atoms with Crippen molar-refractivity contribution in [3.63, 3.8) is 0 Å². The highest BCUT2D eigenvalue weighted by Gasteiger charge is 2.43. The van der Waals surface area contributed by atoms with Gasteiger partial charge in [0.15, 0.2) is 5.82 Å². The minimum atomic E-state index is -0.279. The third-order valence-electron chi connectivity index (χ3n) is 6.50. The molecular formula is C23H30ClFN6. The average molecular weight is 445 g/mol. The molecule has 166 valence electrons. The molecule has 2 fully saturated rings. The van der Waals surface area contributed by atoms with Gasteiger partial charge < -0.3 is 15.1 Å². The van der Waals surface area contributed by atoms with Crippen molar-refractivity contribution >= 4 is 23.1 Å². The number of anilines is 1. The molecule has 0 amide bonds. The highest BCUT2D eigenvalue weighted by molar-refractivity contribution is 6.28. The first-order valence-electron chi connectivity index (χ1n) is 10.9. The summed E-state index contributed by atoms with van der Waals surface area (Å²) in [6, 6.07) is 5.12. The van der Waals surface area contributed by atoms with E-state index in [0.717, 1.165) is 67.5 Å². The van der Waals surface area contributed by atoms with E-state index in [4.69, 9.17) is 11.6 Å². The quantitative estimate of drug-likeness (QED) is 0.701. The molecule has 0 aliphatic carbocycles. The zero-order valence-corrected chi connectivity index (χ0v) is 19.2. The van der Waals surface area contributed by atoms with Gasteiger partial charge in [0.05, 0.1) is 0 Å². The molecule has 8 heteroatoms. The van der Waals surface area contributed by atoms with Crippen LogP contribution in [0.1, 0.15) is 44.0 Å². The van der Waals surface area contributed by atoms with Crippen molar-refractivity contribution in [2.45, 2.75) is 39.7 Å². The normalized spacial score (nSPS) is 17.3. The third kappa shape index (κ3) is 4.39. The van der Waals surface area contributed by atoms with Gasteiger partial charge in [-0.25, -0.2) is 4.39 Å². The highest BCUT2D eigenvalue weighted by atomic mass is 35.5. The first-order chi connectivity index (χ1) is 14.8. The second kappa shape index (κ2) is 8.71. The van der Waals surface area contributed by atoms with Gasteiger partial charge >= 0.3 is 0 Å². The minimum absolute atomic E-state index is 0.145. The van der Waals surface area contributed by atoms with E-state index in [0.29, 0.717) is 11.8 Å². The molecule has 6 nitrogen and oxygen atoms in total. The average Bonchev–Trinajstić information content (AvgIpc) is 3.17. The van der Waals surface area contributed by atoms with Gasteiger partial charge in [-0.15, -0.1) is 10.2 Å². The summed E-state index contributed by atoms with van der Waals surface area (Å²) >= 11 is 6.12. The lowest BCUT2D eigenvalue weighted by molar-refractivity contribution is 0.199. The Balaban J connectivity index is 1.66. The fourth-order valence-corrected chi connectivity index (χ4v) is 4.86. The molecular weight excluding hydrogens is 415 g/mol. The van der Waals surface area contributed by atoms with E-state index in [1.54, 1.807) is 6.07 Å². The molecule has 0 radical (unpaired) electrons. The largest absolute Gasteiger partial charge is 0.369 e. The number of hydrogen-bond donors (Lipinski definition) is 1. The Hall–Kier alpha value is -2.25. The first kappa shape index (κ1) is 22.0. The Morgan fingerprint density at radius 2 is 2.13 bits per heavy atom. The Morgan fingerprint density at radius 3 is 2.74 bits per heavy atom. The summed E-state index contributed by atoms with van der Waals surface area (Å²) in [7, 11) is 0. The lowest BCUT2D eigenvalue weighted by Gasteiger charge is -2.39. The molecule has 4 rings (SSSR count). The molecule has 1 aromatic carbocycles. The summed E-state index contributed by atoms with van der Waals surface area (Å²) in [6.45, 7) is 15.3. The lowest BCUT2D eigenvalue weighted by Crippen LogP contribution is -2.54. The number of rotatable bonds is 7. The number of nitrogens with one attached hydrogen (secondary N) is 1. The fraction of sp³-hybridized carbons (Fsp3) is 0.522. The van der Waals surface area contributed by atoms with Gasteiger partial charge in [-0.3, -0.25) is 0 Å². The molecule has 0 atom stereocenters. The van der Waals surface area contributed by atoms with Crippen molar-refractivity contribution in [3.05, 3.63) is 52.7 Å².